The highest BCUT2D eigenvalue weighted by Crippen LogP contribution is 2.56. The molecule has 0 amide bonds. The molecule has 37 heavy (non-hydrogen) atoms. The molecule has 0 bridgehead atoms. The Kier molecular flexibility index (Phi) is 6.09. The van der Waals surface area contributed by atoms with Crippen molar-refractivity contribution in [3.63, 3.8) is 0 Å². The first-order valence-corrected chi connectivity index (χ1v) is 13.0. The Labute approximate surface area is 210 Å². The first-order chi connectivity index (χ1) is 17.5. The first kappa shape index (κ1) is 25.0. The highest BCUT2D eigenvalue weighted by molar-refractivity contribution is 7.92. The number of methoxy groups -OCH3 is 1. The lowest BCUT2D eigenvalue weighted by atomic mass is 9.86. The Bertz CT molecular complexity index is 1600. The SMILES string of the molecule is COC1=C(n2c(=O)ccc3cc(S(=O)(=O)Nc4ncccn4)ccc32)CC(C)C([C@H]2C[C@@H]2C(F)(F)F)=C1. The van der Waals surface area contributed by atoms with Gasteiger partial charge in [-0.2, -0.15) is 13.2 Å². The molecule has 3 atom stereocenters. The van der Waals surface area contributed by atoms with Crippen molar-refractivity contribution in [2.75, 3.05) is 11.8 Å². The quantitative estimate of drug-likeness (QED) is 0.499. The predicted molar refractivity (Wildman–Crippen MR) is 131 cm³/mol. The van der Waals surface area contributed by atoms with Crippen molar-refractivity contribution in [3.8, 4) is 0 Å². The van der Waals surface area contributed by atoms with Crippen LogP contribution in [-0.4, -0.2) is 36.2 Å². The number of rotatable bonds is 6. The maximum absolute atomic E-state index is 13.2. The summed E-state index contributed by atoms with van der Waals surface area (Å²) < 4.78 is 74.6. The highest BCUT2D eigenvalue weighted by atomic mass is 32.2. The normalized spacial score (nSPS) is 22.1. The summed E-state index contributed by atoms with van der Waals surface area (Å²) in [6.45, 7) is 1.84. The van der Waals surface area contributed by atoms with Crippen LogP contribution in [0.1, 0.15) is 19.8 Å². The van der Waals surface area contributed by atoms with Crippen LogP contribution >= 0.6 is 0 Å². The van der Waals surface area contributed by atoms with Crippen LogP contribution in [-0.2, 0) is 14.8 Å². The summed E-state index contributed by atoms with van der Waals surface area (Å²) in [6, 6.07) is 8.70. The minimum atomic E-state index is -4.24. The molecule has 1 unspecified atom stereocenters. The zero-order valence-corrected chi connectivity index (χ0v) is 20.7. The number of nitrogens with one attached hydrogen (secondary N) is 1. The van der Waals surface area contributed by atoms with E-state index in [1.807, 2.05) is 6.92 Å². The number of nitrogens with zero attached hydrogens (tertiary/aromatic N) is 3. The summed E-state index contributed by atoms with van der Waals surface area (Å²) in [5, 5.41) is 0.473. The Morgan fingerprint density at radius 1 is 1.14 bits per heavy atom. The number of sulfonamides is 1. The van der Waals surface area contributed by atoms with Gasteiger partial charge in [0.1, 0.15) is 5.76 Å². The number of ether oxygens (including phenoxy) is 1. The van der Waals surface area contributed by atoms with Gasteiger partial charge >= 0.3 is 6.18 Å². The number of benzene rings is 1. The van der Waals surface area contributed by atoms with Crippen molar-refractivity contribution in [1.82, 2.24) is 14.5 Å². The van der Waals surface area contributed by atoms with Crippen LogP contribution in [0.2, 0.25) is 0 Å². The van der Waals surface area contributed by atoms with Gasteiger partial charge in [0, 0.05) is 23.8 Å². The van der Waals surface area contributed by atoms with E-state index in [-0.39, 0.29) is 28.7 Å². The van der Waals surface area contributed by atoms with Crippen molar-refractivity contribution in [1.29, 1.82) is 0 Å². The summed E-state index contributed by atoms with van der Waals surface area (Å²) in [6.07, 6.45) is 0.537. The highest BCUT2D eigenvalue weighted by Gasteiger charge is 2.57. The first-order valence-electron chi connectivity index (χ1n) is 11.5. The Morgan fingerprint density at radius 2 is 1.86 bits per heavy atom. The fourth-order valence-corrected chi connectivity index (χ4v) is 5.85. The van der Waals surface area contributed by atoms with E-state index in [0.29, 0.717) is 34.4 Å². The average molecular weight is 533 g/mol. The number of fused-ring (bicyclic) bond motifs is 1. The third-order valence-electron chi connectivity index (χ3n) is 6.75. The number of anilines is 1. The summed E-state index contributed by atoms with van der Waals surface area (Å²) in [7, 11) is -2.60. The fraction of sp³-hybridized carbons (Fsp3) is 0.320. The molecule has 0 saturated heterocycles. The number of hydrogen-bond acceptors (Lipinski definition) is 6. The van der Waals surface area contributed by atoms with Crippen LogP contribution in [0.3, 0.4) is 0 Å². The number of alkyl halides is 3. The molecule has 5 rings (SSSR count). The largest absolute Gasteiger partial charge is 0.495 e. The van der Waals surface area contributed by atoms with Crippen molar-refractivity contribution < 1.29 is 26.3 Å². The number of hydrogen-bond donors (Lipinski definition) is 1. The maximum atomic E-state index is 13.2. The molecule has 2 aliphatic carbocycles. The van der Waals surface area contributed by atoms with Crippen LogP contribution in [0.5, 0.6) is 0 Å². The van der Waals surface area contributed by atoms with E-state index in [1.165, 1.54) is 54.4 Å². The van der Waals surface area contributed by atoms with Gasteiger partial charge in [0.15, 0.2) is 0 Å². The van der Waals surface area contributed by atoms with E-state index >= 15 is 0 Å². The van der Waals surface area contributed by atoms with E-state index in [1.54, 1.807) is 12.1 Å². The molecule has 0 spiro atoms. The molecule has 194 valence electrons. The zero-order valence-electron chi connectivity index (χ0n) is 19.9. The third kappa shape index (κ3) is 4.73. The molecule has 1 saturated carbocycles. The minimum Gasteiger partial charge on any atom is -0.495 e. The van der Waals surface area contributed by atoms with Gasteiger partial charge < -0.3 is 4.74 Å². The predicted octanol–water partition coefficient (Wildman–Crippen LogP) is 4.57. The molecule has 0 aliphatic heterocycles. The minimum absolute atomic E-state index is 0.0512. The van der Waals surface area contributed by atoms with Crippen LogP contribution in [0.15, 0.2) is 75.9 Å². The summed E-state index contributed by atoms with van der Waals surface area (Å²) in [5.41, 5.74) is 1.24. The maximum Gasteiger partial charge on any atom is 0.392 e. The lowest BCUT2D eigenvalue weighted by Gasteiger charge is -2.27. The molecule has 1 fully saturated rings. The van der Waals surface area contributed by atoms with Gasteiger partial charge in [-0.25, -0.2) is 23.1 Å². The fourth-order valence-electron chi connectivity index (χ4n) is 4.86. The third-order valence-corrected chi connectivity index (χ3v) is 8.07. The average Bonchev–Trinajstić information content (AvgIpc) is 3.65. The molecule has 2 aromatic heterocycles. The number of pyridine rings is 1. The van der Waals surface area contributed by atoms with Crippen LogP contribution in [0.4, 0.5) is 19.1 Å². The molecule has 3 aromatic rings. The van der Waals surface area contributed by atoms with Crippen LogP contribution < -0.4 is 10.3 Å². The van der Waals surface area contributed by atoms with E-state index in [0.717, 1.165) is 0 Å². The van der Waals surface area contributed by atoms with Gasteiger partial charge in [-0.1, -0.05) is 12.5 Å². The molecule has 12 heteroatoms. The molecule has 1 N–H and O–H groups in total. The van der Waals surface area contributed by atoms with Crippen molar-refractivity contribution in [3.05, 3.63) is 76.6 Å². The Balaban J connectivity index is 1.56. The van der Waals surface area contributed by atoms with Crippen LogP contribution in [0, 0.1) is 17.8 Å². The zero-order chi connectivity index (χ0) is 26.5. The van der Waals surface area contributed by atoms with Gasteiger partial charge in [0.05, 0.1) is 29.1 Å². The van der Waals surface area contributed by atoms with Crippen molar-refractivity contribution in [2.45, 2.75) is 30.8 Å². The molecule has 1 aromatic carbocycles. The molecule has 8 nitrogen and oxygen atoms in total. The smallest absolute Gasteiger partial charge is 0.392 e. The summed E-state index contributed by atoms with van der Waals surface area (Å²) in [4.78, 5) is 20.7. The van der Waals surface area contributed by atoms with E-state index < -0.39 is 28.0 Å². The lowest BCUT2D eigenvalue weighted by molar-refractivity contribution is -0.150. The molecule has 0 radical (unpaired) electrons. The van der Waals surface area contributed by atoms with Gasteiger partial charge in [-0.15, -0.1) is 0 Å². The van der Waals surface area contributed by atoms with Gasteiger partial charge in [0.2, 0.25) is 5.95 Å². The van der Waals surface area contributed by atoms with Gasteiger partial charge in [-0.3, -0.25) is 9.36 Å². The second kappa shape index (κ2) is 9.02. The Hall–Kier alpha value is -3.67. The molecule has 2 heterocycles. The standard InChI is InChI=1S/C25H23F3N4O4S/c1-14-10-21(22(36-2)13-17(14)18-12-19(18)25(26,27)28)32-20-6-5-16(11-15(20)4-7-23(32)33)37(34,35)31-24-29-8-3-9-30-24/h3-9,11,13-14,18-19H,10,12H2,1-2H3,(H,29,30,31)/t14?,18-,19+/m1/s1. The molecule has 2 aliphatic rings. The lowest BCUT2D eigenvalue weighted by Crippen LogP contribution is -2.24. The molecular formula is C25H23F3N4O4S. The second-order valence-electron chi connectivity index (χ2n) is 9.16. The topological polar surface area (TPSA) is 103 Å². The van der Waals surface area contributed by atoms with Gasteiger partial charge in [0.25, 0.3) is 15.6 Å². The number of allylic oxidation sites excluding steroid dienone is 3. The van der Waals surface area contributed by atoms with Crippen molar-refractivity contribution in [2.24, 2.45) is 17.8 Å². The molecular weight excluding hydrogens is 509 g/mol. The number of aromatic nitrogens is 3. The van der Waals surface area contributed by atoms with Crippen molar-refractivity contribution >= 4 is 32.6 Å². The monoisotopic (exact) mass is 532 g/mol. The Morgan fingerprint density at radius 3 is 2.51 bits per heavy atom. The van der Waals surface area contributed by atoms with E-state index in [2.05, 4.69) is 14.7 Å². The van der Waals surface area contributed by atoms with E-state index in [9.17, 15) is 26.4 Å². The summed E-state index contributed by atoms with van der Waals surface area (Å²) in [5.74, 6) is -1.93. The van der Waals surface area contributed by atoms with Crippen LogP contribution in [0.25, 0.3) is 16.6 Å². The summed E-state index contributed by atoms with van der Waals surface area (Å²) >= 11 is 0. The number of halogens is 3. The van der Waals surface area contributed by atoms with Gasteiger partial charge in [-0.05, 0) is 61.1 Å². The second-order valence-corrected chi connectivity index (χ2v) is 10.8. The van der Waals surface area contributed by atoms with E-state index in [4.69, 9.17) is 4.74 Å².